The van der Waals surface area contributed by atoms with E-state index in [1.54, 1.807) is 28.6 Å². The summed E-state index contributed by atoms with van der Waals surface area (Å²) in [5, 5.41) is 0. The average molecular weight is 515 g/mol. The molecule has 0 saturated carbocycles. The molecule has 8 heteroatoms. The van der Waals surface area contributed by atoms with Crippen LogP contribution in [0, 0.1) is 13.8 Å². The van der Waals surface area contributed by atoms with Crippen molar-refractivity contribution in [3.05, 3.63) is 69.8 Å². The van der Waals surface area contributed by atoms with Crippen molar-refractivity contribution in [2.75, 3.05) is 31.1 Å². The molecule has 1 saturated heterocycles. The number of nitrogens with zero attached hydrogens (tertiary/aromatic N) is 4. The van der Waals surface area contributed by atoms with Gasteiger partial charge in [0, 0.05) is 47.5 Å². The lowest BCUT2D eigenvalue weighted by atomic mass is 10.1. The zero-order valence-electron chi connectivity index (χ0n) is 18.5. The van der Waals surface area contributed by atoms with Gasteiger partial charge in [-0.1, -0.05) is 46.6 Å². The van der Waals surface area contributed by atoms with Crippen LogP contribution >= 0.6 is 15.9 Å². The summed E-state index contributed by atoms with van der Waals surface area (Å²) in [6.07, 6.45) is 0.826. The molecule has 1 aromatic heterocycles. The lowest BCUT2D eigenvalue weighted by molar-refractivity contribution is 0.383. The highest BCUT2D eigenvalue weighted by atomic mass is 79.9. The molecule has 32 heavy (non-hydrogen) atoms. The highest BCUT2D eigenvalue weighted by Gasteiger charge is 2.30. The van der Waals surface area contributed by atoms with Gasteiger partial charge in [-0.3, -0.25) is 0 Å². The highest BCUT2D eigenvalue weighted by Crippen LogP contribution is 2.28. The number of aryl methyl sites for hydroxylation is 2. The van der Waals surface area contributed by atoms with E-state index in [0.29, 0.717) is 36.9 Å². The minimum atomic E-state index is -3.51. The van der Waals surface area contributed by atoms with Gasteiger partial charge in [-0.05, 0) is 50.6 Å². The normalized spacial score (nSPS) is 15.2. The molecule has 168 valence electrons. The second-order valence-electron chi connectivity index (χ2n) is 8.00. The Kier molecular flexibility index (Phi) is 6.65. The fourth-order valence-electron chi connectivity index (χ4n) is 4.07. The minimum Gasteiger partial charge on any atom is -0.354 e. The molecule has 6 nitrogen and oxygen atoms in total. The van der Waals surface area contributed by atoms with E-state index in [2.05, 4.69) is 46.8 Å². The molecule has 0 amide bonds. The summed E-state index contributed by atoms with van der Waals surface area (Å²) in [5.41, 5.74) is 4.25. The standard InChI is InChI=1S/C24H27BrN4O2S/c1-4-22-18(3)26-23(19-7-5-6-17(2)16-19)27-24(22)28-12-14-29(15-13-28)32(30,31)21-10-8-20(25)9-11-21/h5-11,16H,4,12-15H2,1-3H3. The number of benzene rings is 2. The lowest BCUT2D eigenvalue weighted by Crippen LogP contribution is -2.49. The first-order valence-electron chi connectivity index (χ1n) is 10.7. The van der Waals surface area contributed by atoms with Crippen LogP contribution in [0.1, 0.15) is 23.7 Å². The molecule has 0 unspecified atom stereocenters. The Morgan fingerprint density at radius 1 is 0.969 bits per heavy atom. The molecular weight excluding hydrogens is 488 g/mol. The van der Waals surface area contributed by atoms with Crippen molar-refractivity contribution in [1.82, 2.24) is 14.3 Å². The van der Waals surface area contributed by atoms with Crippen molar-refractivity contribution in [1.29, 1.82) is 0 Å². The quantitative estimate of drug-likeness (QED) is 0.497. The van der Waals surface area contributed by atoms with Gasteiger partial charge >= 0.3 is 0 Å². The van der Waals surface area contributed by atoms with Crippen LogP contribution in [-0.2, 0) is 16.4 Å². The van der Waals surface area contributed by atoms with Gasteiger partial charge < -0.3 is 4.90 Å². The van der Waals surface area contributed by atoms with Crippen LogP contribution < -0.4 is 4.90 Å². The molecule has 2 aromatic carbocycles. The number of sulfonamides is 1. The summed E-state index contributed by atoms with van der Waals surface area (Å²) in [4.78, 5) is 12.2. The topological polar surface area (TPSA) is 66.4 Å². The molecule has 1 aliphatic rings. The molecule has 0 N–H and O–H groups in total. The van der Waals surface area contributed by atoms with E-state index in [4.69, 9.17) is 9.97 Å². The van der Waals surface area contributed by atoms with Gasteiger partial charge in [-0.25, -0.2) is 18.4 Å². The molecule has 0 bridgehead atoms. The Morgan fingerprint density at radius 2 is 1.66 bits per heavy atom. The number of aromatic nitrogens is 2. The molecule has 0 atom stereocenters. The van der Waals surface area contributed by atoms with Crippen LogP contribution in [0.4, 0.5) is 5.82 Å². The third-order valence-electron chi connectivity index (χ3n) is 5.81. The second-order valence-corrected chi connectivity index (χ2v) is 10.9. The first-order chi connectivity index (χ1) is 15.3. The summed E-state index contributed by atoms with van der Waals surface area (Å²) in [5.74, 6) is 1.63. The van der Waals surface area contributed by atoms with Gasteiger partial charge in [0.15, 0.2) is 5.82 Å². The van der Waals surface area contributed by atoms with Gasteiger partial charge in [0.05, 0.1) is 4.90 Å². The maximum Gasteiger partial charge on any atom is 0.243 e. The molecular formula is C24H27BrN4O2S. The average Bonchev–Trinajstić information content (AvgIpc) is 2.79. The van der Waals surface area contributed by atoms with Crippen molar-refractivity contribution in [2.45, 2.75) is 32.1 Å². The van der Waals surface area contributed by atoms with Crippen LogP contribution in [0.5, 0.6) is 0 Å². The fraction of sp³-hybridized carbons (Fsp3) is 0.333. The van der Waals surface area contributed by atoms with Crippen LogP contribution in [-0.4, -0.2) is 48.9 Å². The zero-order valence-corrected chi connectivity index (χ0v) is 20.9. The van der Waals surface area contributed by atoms with Gasteiger partial charge in [-0.2, -0.15) is 4.31 Å². The Balaban J connectivity index is 1.59. The third-order valence-corrected chi connectivity index (χ3v) is 8.25. The molecule has 1 aliphatic heterocycles. The Morgan fingerprint density at radius 3 is 2.28 bits per heavy atom. The lowest BCUT2D eigenvalue weighted by Gasteiger charge is -2.35. The van der Waals surface area contributed by atoms with E-state index < -0.39 is 10.0 Å². The SMILES string of the molecule is CCc1c(C)nc(-c2cccc(C)c2)nc1N1CCN(S(=O)(=O)c2ccc(Br)cc2)CC1. The largest absolute Gasteiger partial charge is 0.354 e. The number of rotatable bonds is 5. The molecule has 0 aliphatic carbocycles. The Hall–Kier alpha value is -2.29. The summed E-state index contributed by atoms with van der Waals surface area (Å²) in [6.45, 7) is 8.21. The van der Waals surface area contributed by atoms with Gasteiger partial charge in [-0.15, -0.1) is 0 Å². The first-order valence-corrected chi connectivity index (χ1v) is 13.0. The predicted molar refractivity (Wildman–Crippen MR) is 131 cm³/mol. The van der Waals surface area contributed by atoms with Crippen molar-refractivity contribution in [3.63, 3.8) is 0 Å². The number of hydrogen-bond acceptors (Lipinski definition) is 5. The van der Waals surface area contributed by atoms with Gasteiger partial charge in [0.25, 0.3) is 0 Å². The predicted octanol–water partition coefficient (Wildman–Crippen LogP) is 4.60. The minimum absolute atomic E-state index is 0.322. The summed E-state index contributed by atoms with van der Waals surface area (Å²) >= 11 is 3.36. The zero-order chi connectivity index (χ0) is 22.9. The molecule has 0 spiro atoms. The van der Waals surface area contributed by atoms with E-state index >= 15 is 0 Å². The van der Waals surface area contributed by atoms with Crippen LogP contribution in [0.25, 0.3) is 11.4 Å². The summed E-state index contributed by atoms with van der Waals surface area (Å²) < 4.78 is 28.5. The van der Waals surface area contributed by atoms with E-state index in [1.165, 1.54) is 0 Å². The first kappa shape index (κ1) is 22.9. The van der Waals surface area contributed by atoms with Crippen LogP contribution in [0.2, 0.25) is 0 Å². The van der Waals surface area contributed by atoms with Crippen LogP contribution in [0.3, 0.4) is 0 Å². The van der Waals surface area contributed by atoms with Crippen LogP contribution in [0.15, 0.2) is 57.9 Å². The van der Waals surface area contributed by atoms with Gasteiger partial charge in [0.2, 0.25) is 10.0 Å². The monoisotopic (exact) mass is 514 g/mol. The second kappa shape index (κ2) is 9.29. The number of piperazine rings is 1. The number of anilines is 1. The summed E-state index contributed by atoms with van der Waals surface area (Å²) in [6, 6.07) is 15.0. The molecule has 3 aromatic rings. The molecule has 4 rings (SSSR count). The van der Waals surface area contributed by atoms with Crippen molar-refractivity contribution >= 4 is 31.8 Å². The Labute approximate surface area is 198 Å². The van der Waals surface area contributed by atoms with E-state index in [-0.39, 0.29) is 0 Å². The van der Waals surface area contributed by atoms with Crippen molar-refractivity contribution < 1.29 is 8.42 Å². The fourth-order valence-corrected chi connectivity index (χ4v) is 5.75. The summed E-state index contributed by atoms with van der Waals surface area (Å²) in [7, 11) is -3.51. The van der Waals surface area contributed by atoms with E-state index in [9.17, 15) is 8.42 Å². The maximum atomic E-state index is 13.1. The number of hydrogen-bond donors (Lipinski definition) is 0. The smallest absolute Gasteiger partial charge is 0.243 e. The Bertz CT molecular complexity index is 1220. The van der Waals surface area contributed by atoms with E-state index in [1.807, 2.05) is 19.1 Å². The maximum absolute atomic E-state index is 13.1. The van der Waals surface area contributed by atoms with E-state index in [0.717, 1.165) is 39.1 Å². The number of halogens is 1. The van der Waals surface area contributed by atoms with Crippen molar-refractivity contribution in [3.8, 4) is 11.4 Å². The third kappa shape index (κ3) is 4.58. The molecule has 1 fully saturated rings. The highest BCUT2D eigenvalue weighted by molar-refractivity contribution is 9.10. The molecule has 2 heterocycles. The molecule has 0 radical (unpaired) electrons. The van der Waals surface area contributed by atoms with Gasteiger partial charge in [0.1, 0.15) is 5.82 Å². The van der Waals surface area contributed by atoms with Crippen molar-refractivity contribution in [2.24, 2.45) is 0 Å².